The van der Waals surface area contributed by atoms with E-state index in [0.717, 1.165) is 48.1 Å². The predicted molar refractivity (Wildman–Crippen MR) is 157 cm³/mol. The van der Waals surface area contributed by atoms with Gasteiger partial charge in [-0.1, -0.05) is 29.8 Å². The van der Waals surface area contributed by atoms with Crippen molar-refractivity contribution in [2.75, 3.05) is 21.2 Å². The van der Waals surface area contributed by atoms with Crippen molar-refractivity contribution in [1.29, 1.82) is 0 Å². The fourth-order valence-electron chi connectivity index (χ4n) is 5.50. The number of hydrogen-bond donors (Lipinski definition) is 0. The van der Waals surface area contributed by atoms with Gasteiger partial charge in [0.25, 0.3) is 5.91 Å². The van der Waals surface area contributed by atoms with Crippen LogP contribution in [0.4, 0.5) is 4.39 Å². The van der Waals surface area contributed by atoms with Crippen molar-refractivity contribution >= 4 is 38.9 Å². The molecule has 2 aromatic carbocycles. The first-order valence-corrected chi connectivity index (χ1v) is 14.4. The quantitative estimate of drug-likeness (QED) is 0.232. The molecule has 0 saturated heterocycles. The van der Waals surface area contributed by atoms with Gasteiger partial charge in [0.1, 0.15) is 16.4 Å². The SMILES string of the molecule is COc1ccc(-c2ccc(C)nc2)cc1CN(C(=O)c1sc2cccc(F)c2c1Cl)[C@H]1CC[C@H](N(C)C)CC1. The average Bonchev–Trinajstić information content (AvgIpc) is 3.29. The number of aryl methyl sites for hydroxylation is 1. The van der Waals surface area contributed by atoms with Gasteiger partial charge in [-0.3, -0.25) is 9.78 Å². The maximum absolute atomic E-state index is 14.6. The van der Waals surface area contributed by atoms with Crippen molar-refractivity contribution in [2.24, 2.45) is 0 Å². The van der Waals surface area contributed by atoms with Crippen LogP contribution < -0.4 is 4.74 Å². The van der Waals surface area contributed by atoms with Gasteiger partial charge in [0.2, 0.25) is 0 Å². The van der Waals surface area contributed by atoms with Gasteiger partial charge in [-0.25, -0.2) is 4.39 Å². The summed E-state index contributed by atoms with van der Waals surface area (Å²) in [4.78, 5) is 23.2. The molecule has 8 heteroatoms. The Hall–Kier alpha value is -3.00. The van der Waals surface area contributed by atoms with Crippen LogP contribution in [-0.4, -0.2) is 54.0 Å². The van der Waals surface area contributed by atoms with E-state index in [1.54, 1.807) is 19.2 Å². The minimum absolute atomic E-state index is 0.0363. The lowest BCUT2D eigenvalue weighted by molar-refractivity contribution is 0.0573. The Kier molecular flexibility index (Phi) is 8.21. The van der Waals surface area contributed by atoms with Crippen LogP contribution >= 0.6 is 22.9 Å². The van der Waals surface area contributed by atoms with Crippen LogP contribution in [0.1, 0.15) is 46.6 Å². The predicted octanol–water partition coefficient (Wildman–Crippen LogP) is 7.59. The molecular weight excluding hydrogens is 533 g/mol. The maximum atomic E-state index is 14.6. The molecule has 2 heterocycles. The van der Waals surface area contributed by atoms with E-state index in [4.69, 9.17) is 16.3 Å². The van der Waals surface area contributed by atoms with E-state index in [-0.39, 0.29) is 17.0 Å². The monoisotopic (exact) mass is 565 g/mol. The smallest absolute Gasteiger partial charge is 0.266 e. The lowest BCUT2D eigenvalue weighted by Crippen LogP contribution is -2.44. The summed E-state index contributed by atoms with van der Waals surface area (Å²) in [6, 6.07) is 15.4. The Morgan fingerprint density at radius 3 is 2.44 bits per heavy atom. The topological polar surface area (TPSA) is 45.7 Å². The second-order valence-electron chi connectivity index (χ2n) is 10.4. The highest BCUT2D eigenvalue weighted by Gasteiger charge is 2.33. The van der Waals surface area contributed by atoms with Crippen LogP contribution in [0.2, 0.25) is 5.02 Å². The lowest BCUT2D eigenvalue weighted by Gasteiger charge is -2.39. The first-order chi connectivity index (χ1) is 18.8. The largest absolute Gasteiger partial charge is 0.496 e. The summed E-state index contributed by atoms with van der Waals surface area (Å²) >= 11 is 7.92. The number of aromatic nitrogens is 1. The van der Waals surface area contributed by atoms with Gasteiger partial charge in [-0.15, -0.1) is 11.3 Å². The standard InChI is InChI=1S/C31H33ClFN3O2S/c1-19-8-9-21(17-34-19)20-10-15-26(38-4)22(16-20)18-36(24-13-11-23(12-14-24)35(2)3)31(37)30-29(32)28-25(33)6-5-7-27(28)39-30/h5-10,15-17,23-24H,11-14,18H2,1-4H3/t23-,24-. The molecule has 0 N–H and O–H groups in total. The summed E-state index contributed by atoms with van der Waals surface area (Å²) in [5, 5.41) is 0.506. The minimum atomic E-state index is -0.410. The lowest BCUT2D eigenvalue weighted by atomic mass is 9.89. The Balaban J connectivity index is 1.53. The zero-order valence-electron chi connectivity index (χ0n) is 22.7. The van der Waals surface area contributed by atoms with Gasteiger partial charge in [-0.2, -0.15) is 0 Å². The highest BCUT2D eigenvalue weighted by atomic mass is 35.5. The highest BCUT2D eigenvalue weighted by molar-refractivity contribution is 7.21. The maximum Gasteiger partial charge on any atom is 0.266 e. The molecule has 0 radical (unpaired) electrons. The highest BCUT2D eigenvalue weighted by Crippen LogP contribution is 2.39. The number of rotatable bonds is 7. The average molecular weight is 566 g/mol. The van der Waals surface area contributed by atoms with Crippen LogP contribution in [0.3, 0.4) is 0 Å². The van der Waals surface area contributed by atoms with Crippen LogP contribution in [0.5, 0.6) is 5.75 Å². The van der Waals surface area contributed by atoms with Crippen molar-refractivity contribution in [1.82, 2.24) is 14.8 Å². The molecule has 204 valence electrons. The summed E-state index contributed by atoms with van der Waals surface area (Å²) in [5.41, 5.74) is 3.86. The Bertz CT molecular complexity index is 1480. The van der Waals surface area contributed by atoms with Gasteiger partial charge in [0.05, 0.1) is 12.1 Å². The van der Waals surface area contributed by atoms with Crippen LogP contribution in [0.15, 0.2) is 54.7 Å². The number of nitrogens with zero attached hydrogens (tertiary/aromatic N) is 3. The second-order valence-corrected chi connectivity index (χ2v) is 11.9. The third kappa shape index (κ3) is 5.67. The number of thiophene rings is 1. The van der Waals surface area contributed by atoms with Crippen molar-refractivity contribution in [3.8, 4) is 16.9 Å². The summed E-state index contributed by atoms with van der Waals surface area (Å²) in [6.45, 7) is 2.32. The van der Waals surface area contributed by atoms with E-state index >= 15 is 0 Å². The third-order valence-electron chi connectivity index (χ3n) is 7.76. The summed E-state index contributed by atoms with van der Waals surface area (Å²) in [7, 11) is 5.86. The summed E-state index contributed by atoms with van der Waals surface area (Å²) < 4.78 is 21.0. The third-order valence-corrected chi connectivity index (χ3v) is 9.40. The van der Waals surface area contributed by atoms with E-state index < -0.39 is 5.82 Å². The molecule has 5 rings (SSSR count). The molecule has 0 spiro atoms. The molecule has 0 atom stereocenters. The summed E-state index contributed by atoms with van der Waals surface area (Å²) in [6.07, 6.45) is 5.63. The van der Waals surface area contributed by atoms with Crippen molar-refractivity contribution < 1.29 is 13.9 Å². The number of methoxy groups -OCH3 is 1. The number of fused-ring (bicyclic) bond motifs is 1. The van der Waals surface area contributed by atoms with E-state index in [0.29, 0.717) is 33.3 Å². The molecule has 0 bridgehead atoms. The zero-order chi connectivity index (χ0) is 27.7. The molecule has 2 aromatic heterocycles. The van der Waals surface area contributed by atoms with Crippen molar-refractivity contribution in [3.63, 3.8) is 0 Å². The molecule has 5 nitrogen and oxygen atoms in total. The number of carbonyl (C=O) groups excluding carboxylic acids is 1. The number of pyridine rings is 1. The molecule has 4 aromatic rings. The molecule has 0 unspecified atom stereocenters. The number of amides is 1. The molecule has 1 saturated carbocycles. The number of hydrogen-bond acceptors (Lipinski definition) is 5. The van der Waals surface area contributed by atoms with E-state index in [1.165, 1.54) is 17.4 Å². The Labute approximate surface area is 238 Å². The molecule has 0 aliphatic heterocycles. The van der Waals surface area contributed by atoms with Crippen LogP contribution in [0.25, 0.3) is 21.2 Å². The van der Waals surface area contributed by atoms with E-state index in [9.17, 15) is 9.18 Å². The van der Waals surface area contributed by atoms with Gasteiger partial charge < -0.3 is 14.5 Å². The Morgan fingerprint density at radius 1 is 1.08 bits per heavy atom. The second kappa shape index (κ2) is 11.6. The van der Waals surface area contributed by atoms with Crippen LogP contribution in [0, 0.1) is 12.7 Å². The fraction of sp³-hybridized carbons (Fsp3) is 0.355. The van der Waals surface area contributed by atoms with Gasteiger partial charge in [-0.05, 0) is 82.6 Å². The molecule has 1 aliphatic carbocycles. The fourth-order valence-corrected chi connectivity index (χ4v) is 7.00. The molecule has 1 amide bonds. The normalized spacial score (nSPS) is 17.5. The van der Waals surface area contributed by atoms with Crippen LogP contribution in [-0.2, 0) is 6.54 Å². The first kappa shape index (κ1) is 27.6. The number of ether oxygens (including phenoxy) is 1. The van der Waals surface area contributed by atoms with E-state index in [2.05, 4.69) is 30.0 Å². The number of benzene rings is 2. The van der Waals surface area contributed by atoms with Crippen molar-refractivity contribution in [2.45, 2.75) is 51.2 Å². The molecule has 39 heavy (non-hydrogen) atoms. The Morgan fingerprint density at radius 2 is 1.79 bits per heavy atom. The molecule has 1 aliphatic rings. The number of halogens is 2. The van der Waals surface area contributed by atoms with Gasteiger partial charge in [0.15, 0.2) is 0 Å². The van der Waals surface area contributed by atoms with Crippen molar-refractivity contribution in [3.05, 3.63) is 81.7 Å². The zero-order valence-corrected chi connectivity index (χ0v) is 24.3. The van der Waals surface area contributed by atoms with Gasteiger partial charge in [0, 0.05) is 51.7 Å². The number of carbonyl (C=O) groups is 1. The first-order valence-electron chi connectivity index (χ1n) is 13.2. The van der Waals surface area contributed by atoms with Gasteiger partial charge >= 0.3 is 0 Å². The minimum Gasteiger partial charge on any atom is -0.496 e. The molecule has 1 fully saturated rings. The summed E-state index contributed by atoms with van der Waals surface area (Å²) in [5.74, 6) is 0.136. The van der Waals surface area contributed by atoms with E-state index in [1.807, 2.05) is 42.3 Å². The molecular formula is C31H33ClFN3O2S.